The molecule has 0 radical (unpaired) electrons. The van der Waals surface area contributed by atoms with Crippen LogP contribution in [-0.2, 0) is 6.42 Å². The van der Waals surface area contributed by atoms with Crippen molar-refractivity contribution in [2.75, 3.05) is 0 Å². The minimum absolute atomic E-state index is 0.877. The van der Waals surface area contributed by atoms with E-state index in [1.165, 1.54) is 0 Å². The molecule has 0 aliphatic heterocycles. The number of fused-ring (bicyclic) bond motifs is 2. The molecule has 2 heterocycles. The van der Waals surface area contributed by atoms with Gasteiger partial charge in [0, 0.05) is 16.6 Å². The number of aromatic nitrogens is 3. The van der Waals surface area contributed by atoms with Gasteiger partial charge in [0.05, 0.1) is 16.6 Å². The molecule has 2 aromatic heterocycles. The molecule has 0 unspecified atom stereocenters. The minimum atomic E-state index is 0.877. The number of H-pyrrole nitrogens is 1. The summed E-state index contributed by atoms with van der Waals surface area (Å²) in [5.74, 6) is 0.877. The Morgan fingerprint density at radius 2 is 1.81 bits per heavy atom. The van der Waals surface area contributed by atoms with Crippen LogP contribution in [0.5, 0.6) is 0 Å². The summed E-state index contributed by atoms with van der Waals surface area (Å²) in [5.41, 5.74) is 5.20. The largest absolute Gasteiger partial charge is 0.338 e. The van der Waals surface area contributed by atoms with Gasteiger partial charge in [-0.05, 0) is 30.7 Å². The highest BCUT2D eigenvalue weighted by Gasteiger charge is 2.10. The van der Waals surface area contributed by atoms with Crippen molar-refractivity contribution in [2.24, 2.45) is 0 Å². The average molecular weight is 273 g/mol. The van der Waals surface area contributed by atoms with Crippen LogP contribution in [0, 0.1) is 0 Å². The summed E-state index contributed by atoms with van der Waals surface area (Å²) in [7, 11) is 0. The van der Waals surface area contributed by atoms with E-state index in [0.29, 0.717) is 0 Å². The second-order valence-corrected chi connectivity index (χ2v) is 5.14. The van der Waals surface area contributed by atoms with Crippen LogP contribution in [0.2, 0.25) is 0 Å². The molecule has 0 atom stereocenters. The number of hydrogen-bond donors (Lipinski definition) is 1. The third kappa shape index (κ3) is 1.98. The summed E-state index contributed by atoms with van der Waals surface area (Å²) in [5, 5.41) is 1.14. The minimum Gasteiger partial charge on any atom is -0.338 e. The number of rotatable bonds is 2. The van der Waals surface area contributed by atoms with Crippen LogP contribution < -0.4 is 0 Å². The fourth-order valence-corrected chi connectivity index (χ4v) is 2.66. The van der Waals surface area contributed by atoms with E-state index in [1.807, 2.05) is 24.3 Å². The van der Waals surface area contributed by atoms with Crippen molar-refractivity contribution in [1.82, 2.24) is 15.0 Å². The number of nitrogens with one attached hydrogen (secondary N) is 1. The highest BCUT2D eigenvalue weighted by molar-refractivity contribution is 5.93. The summed E-state index contributed by atoms with van der Waals surface area (Å²) in [6.07, 6.45) is 0.935. The van der Waals surface area contributed by atoms with Gasteiger partial charge in [0.25, 0.3) is 0 Å². The first-order valence-corrected chi connectivity index (χ1v) is 7.19. The fourth-order valence-electron chi connectivity index (χ4n) is 2.66. The average Bonchev–Trinajstić information content (AvgIpc) is 2.97. The molecule has 0 spiro atoms. The van der Waals surface area contributed by atoms with Crippen molar-refractivity contribution in [3.8, 4) is 11.4 Å². The topological polar surface area (TPSA) is 41.6 Å². The lowest BCUT2D eigenvalue weighted by molar-refractivity contribution is 1.06. The van der Waals surface area contributed by atoms with Crippen LogP contribution >= 0.6 is 0 Å². The Hall–Kier alpha value is -2.68. The number of aryl methyl sites for hydroxylation is 1. The molecule has 1 N–H and O–H groups in total. The quantitative estimate of drug-likeness (QED) is 0.590. The van der Waals surface area contributed by atoms with E-state index in [2.05, 4.69) is 42.2 Å². The van der Waals surface area contributed by atoms with Gasteiger partial charge in [-0.2, -0.15) is 0 Å². The van der Waals surface area contributed by atoms with Crippen LogP contribution in [0.4, 0.5) is 0 Å². The molecule has 0 saturated heterocycles. The Bertz CT molecular complexity index is 904. The molecule has 3 nitrogen and oxygen atoms in total. The summed E-state index contributed by atoms with van der Waals surface area (Å²) in [6, 6.07) is 18.5. The van der Waals surface area contributed by atoms with E-state index in [-0.39, 0.29) is 0 Å². The summed E-state index contributed by atoms with van der Waals surface area (Å²) in [4.78, 5) is 12.9. The number of benzene rings is 2. The van der Waals surface area contributed by atoms with E-state index in [0.717, 1.165) is 45.4 Å². The van der Waals surface area contributed by atoms with Gasteiger partial charge in [0.15, 0.2) is 0 Å². The fraction of sp³-hybridized carbons (Fsp3) is 0.111. The van der Waals surface area contributed by atoms with Crippen molar-refractivity contribution in [3.05, 3.63) is 60.3 Å². The van der Waals surface area contributed by atoms with Gasteiger partial charge in [0.2, 0.25) is 0 Å². The molecule has 21 heavy (non-hydrogen) atoms. The number of nitrogens with zero attached hydrogens (tertiary/aromatic N) is 2. The van der Waals surface area contributed by atoms with Crippen LogP contribution in [0.1, 0.15) is 12.6 Å². The Kier molecular flexibility index (Phi) is 2.71. The molecule has 0 fully saturated rings. The van der Waals surface area contributed by atoms with Gasteiger partial charge in [0.1, 0.15) is 5.82 Å². The molecule has 4 rings (SSSR count). The lowest BCUT2D eigenvalue weighted by Crippen LogP contribution is -1.91. The maximum Gasteiger partial charge on any atom is 0.140 e. The molecule has 3 heteroatoms. The molecule has 0 aliphatic carbocycles. The molecular weight excluding hydrogens is 258 g/mol. The van der Waals surface area contributed by atoms with E-state index in [9.17, 15) is 0 Å². The standard InChI is InChI=1S/C18H15N3/c1-2-13-11-10-12-6-5-7-14(17(12)19-13)18-20-15-8-3-4-9-16(15)21-18/h3-11H,2H2,1H3,(H,20,21). The van der Waals surface area contributed by atoms with Crippen molar-refractivity contribution in [3.63, 3.8) is 0 Å². The van der Waals surface area contributed by atoms with Gasteiger partial charge in [-0.15, -0.1) is 0 Å². The number of aromatic amines is 1. The monoisotopic (exact) mass is 273 g/mol. The molecule has 2 aromatic carbocycles. The molecular formula is C18H15N3. The SMILES string of the molecule is CCc1ccc2cccc(-c3nc4ccccc4[nH]3)c2n1. The maximum atomic E-state index is 4.78. The zero-order chi connectivity index (χ0) is 14.2. The first-order chi connectivity index (χ1) is 10.3. The van der Waals surface area contributed by atoms with E-state index in [1.54, 1.807) is 0 Å². The normalized spacial score (nSPS) is 11.3. The Labute approximate surface area is 122 Å². The predicted molar refractivity (Wildman–Crippen MR) is 86.2 cm³/mol. The van der Waals surface area contributed by atoms with Gasteiger partial charge < -0.3 is 4.98 Å². The van der Waals surface area contributed by atoms with Crippen molar-refractivity contribution in [1.29, 1.82) is 0 Å². The number of imidazole rings is 1. The van der Waals surface area contributed by atoms with Gasteiger partial charge in [-0.3, -0.25) is 4.98 Å². The van der Waals surface area contributed by atoms with E-state index >= 15 is 0 Å². The third-order valence-corrected chi connectivity index (χ3v) is 3.78. The Morgan fingerprint density at radius 3 is 2.67 bits per heavy atom. The van der Waals surface area contributed by atoms with Crippen molar-refractivity contribution < 1.29 is 0 Å². The van der Waals surface area contributed by atoms with Gasteiger partial charge >= 0.3 is 0 Å². The van der Waals surface area contributed by atoms with Crippen LogP contribution in [0.3, 0.4) is 0 Å². The zero-order valence-electron chi connectivity index (χ0n) is 11.8. The van der Waals surface area contributed by atoms with E-state index in [4.69, 9.17) is 9.97 Å². The molecule has 4 aromatic rings. The Morgan fingerprint density at radius 1 is 0.905 bits per heavy atom. The molecule has 102 valence electrons. The molecule has 0 amide bonds. The second-order valence-electron chi connectivity index (χ2n) is 5.14. The van der Waals surface area contributed by atoms with Crippen molar-refractivity contribution in [2.45, 2.75) is 13.3 Å². The highest BCUT2D eigenvalue weighted by atomic mass is 14.9. The van der Waals surface area contributed by atoms with E-state index < -0.39 is 0 Å². The summed E-state index contributed by atoms with van der Waals surface area (Å²) >= 11 is 0. The Balaban J connectivity index is 2.00. The van der Waals surface area contributed by atoms with Crippen molar-refractivity contribution >= 4 is 21.9 Å². The smallest absolute Gasteiger partial charge is 0.140 e. The summed E-state index contributed by atoms with van der Waals surface area (Å²) < 4.78 is 0. The lowest BCUT2D eigenvalue weighted by Gasteiger charge is -2.05. The third-order valence-electron chi connectivity index (χ3n) is 3.78. The summed E-state index contributed by atoms with van der Waals surface area (Å²) in [6.45, 7) is 2.12. The van der Waals surface area contributed by atoms with Crippen LogP contribution in [-0.4, -0.2) is 15.0 Å². The van der Waals surface area contributed by atoms with Gasteiger partial charge in [-0.1, -0.05) is 37.3 Å². The molecule has 0 bridgehead atoms. The zero-order valence-corrected chi connectivity index (χ0v) is 11.8. The number of para-hydroxylation sites is 3. The first kappa shape index (κ1) is 12.1. The molecule has 0 aliphatic rings. The number of pyridine rings is 1. The lowest BCUT2D eigenvalue weighted by atomic mass is 10.1. The second kappa shape index (κ2) is 4.70. The predicted octanol–water partition coefficient (Wildman–Crippen LogP) is 4.34. The highest BCUT2D eigenvalue weighted by Crippen LogP contribution is 2.27. The van der Waals surface area contributed by atoms with Crippen LogP contribution in [0.25, 0.3) is 33.3 Å². The number of hydrogen-bond acceptors (Lipinski definition) is 2. The maximum absolute atomic E-state index is 4.78. The first-order valence-electron chi connectivity index (χ1n) is 7.19. The van der Waals surface area contributed by atoms with Gasteiger partial charge in [-0.25, -0.2) is 4.98 Å². The molecule has 0 saturated carbocycles. The van der Waals surface area contributed by atoms with Crippen LogP contribution in [0.15, 0.2) is 54.6 Å².